The van der Waals surface area contributed by atoms with Gasteiger partial charge < -0.3 is 14.2 Å². The summed E-state index contributed by atoms with van der Waals surface area (Å²) in [4.78, 5) is 38.5. The number of ether oxygens (including phenoxy) is 3. The number of unbranched alkanes of at least 4 members (excludes halogenated alkanes) is 32. The lowest BCUT2D eigenvalue weighted by atomic mass is 10.0. The van der Waals surface area contributed by atoms with Gasteiger partial charge in [-0.15, -0.1) is 0 Å². The number of hydrogen-bond acceptors (Lipinski definition) is 6. The molecule has 0 aromatic carbocycles. The molecule has 0 radical (unpaired) electrons. The fraction of sp³-hybridized carbons (Fsp3) is 0.701. The van der Waals surface area contributed by atoms with E-state index in [4.69, 9.17) is 14.2 Å². The minimum atomic E-state index is -0.809. The maximum Gasteiger partial charge on any atom is 0.306 e. The SMILES string of the molecule is CC/C=C\C/C=C\C/C=C\C/C=C\C/C=C\C/C=C\CCCCC(=O)OC(COC(=O)CCCCCCCCC/C=C\CCCCCCCC)COC(=O)CCCCCCCCCCCCCC/C=C\C/C=C\C/C=C\CCCCCCC. The van der Waals surface area contributed by atoms with Crippen LogP contribution in [-0.2, 0) is 28.6 Å². The fourth-order valence-corrected chi connectivity index (χ4v) is 9.68. The van der Waals surface area contributed by atoms with Gasteiger partial charge in [0.15, 0.2) is 6.10 Å². The molecule has 0 aliphatic rings. The van der Waals surface area contributed by atoms with Crippen molar-refractivity contribution >= 4 is 17.9 Å². The average molecular weight is 1150 g/mol. The first-order chi connectivity index (χ1) is 41.0. The van der Waals surface area contributed by atoms with Crippen LogP contribution in [0.4, 0.5) is 0 Å². The molecule has 0 bridgehead atoms. The van der Waals surface area contributed by atoms with Crippen LogP contribution in [0.25, 0.3) is 0 Å². The van der Waals surface area contributed by atoms with Crippen LogP contribution in [0.15, 0.2) is 122 Å². The first-order valence-electron chi connectivity index (χ1n) is 35.0. The Kier molecular flexibility index (Phi) is 66.7. The minimum absolute atomic E-state index is 0.0992. The van der Waals surface area contributed by atoms with Gasteiger partial charge in [-0.2, -0.15) is 0 Å². The predicted molar refractivity (Wildman–Crippen MR) is 362 cm³/mol. The third-order valence-electron chi connectivity index (χ3n) is 14.9. The first kappa shape index (κ1) is 78.8. The van der Waals surface area contributed by atoms with Gasteiger partial charge in [0.2, 0.25) is 0 Å². The van der Waals surface area contributed by atoms with Crippen molar-refractivity contribution in [1.29, 1.82) is 0 Å². The maximum absolute atomic E-state index is 12.9. The van der Waals surface area contributed by atoms with Crippen molar-refractivity contribution in [3.05, 3.63) is 122 Å². The molecule has 6 nitrogen and oxygen atoms in total. The van der Waals surface area contributed by atoms with Gasteiger partial charge in [0, 0.05) is 19.3 Å². The van der Waals surface area contributed by atoms with E-state index in [0.717, 1.165) is 103 Å². The summed E-state index contributed by atoms with van der Waals surface area (Å²) in [7, 11) is 0. The Hall–Kier alpha value is -4.19. The van der Waals surface area contributed by atoms with E-state index in [2.05, 4.69) is 142 Å². The van der Waals surface area contributed by atoms with E-state index in [1.807, 2.05) is 0 Å². The lowest BCUT2D eigenvalue weighted by Gasteiger charge is -2.18. The molecular formula is C77H130O6. The summed E-state index contributed by atoms with van der Waals surface area (Å²) in [5, 5.41) is 0. The minimum Gasteiger partial charge on any atom is -0.462 e. The second-order valence-corrected chi connectivity index (χ2v) is 23.1. The van der Waals surface area contributed by atoms with E-state index in [1.165, 1.54) is 180 Å². The van der Waals surface area contributed by atoms with Crippen molar-refractivity contribution in [2.24, 2.45) is 0 Å². The van der Waals surface area contributed by atoms with Crippen molar-refractivity contribution in [3.63, 3.8) is 0 Å². The summed E-state index contributed by atoms with van der Waals surface area (Å²) >= 11 is 0. The van der Waals surface area contributed by atoms with Crippen LogP contribution in [0, 0.1) is 0 Å². The average Bonchev–Trinajstić information content (AvgIpc) is 3.50. The molecule has 83 heavy (non-hydrogen) atoms. The van der Waals surface area contributed by atoms with Gasteiger partial charge in [0.25, 0.3) is 0 Å². The molecule has 0 spiro atoms. The molecule has 0 heterocycles. The summed E-state index contributed by atoms with van der Waals surface area (Å²) in [6.45, 7) is 6.50. The molecule has 0 N–H and O–H groups in total. The van der Waals surface area contributed by atoms with Crippen LogP contribution in [-0.4, -0.2) is 37.2 Å². The van der Waals surface area contributed by atoms with Crippen molar-refractivity contribution in [3.8, 4) is 0 Å². The highest BCUT2D eigenvalue weighted by molar-refractivity contribution is 5.71. The maximum atomic E-state index is 12.9. The summed E-state index contributed by atoms with van der Waals surface area (Å²) in [5.41, 5.74) is 0. The quantitative estimate of drug-likeness (QED) is 0.0261. The Morgan fingerprint density at radius 3 is 0.771 bits per heavy atom. The van der Waals surface area contributed by atoms with E-state index < -0.39 is 6.10 Å². The second kappa shape index (κ2) is 70.3. The highest BCUT2D eigenvalue weighted by atomic mass is 16.6. The Balaban J connectivity index is 4.42. The number of carbonyl (C=O) groups excluding carboxylic acids is 3. The van der Waals surface area contributed by atoms with Crippen LogP contribution >= 0.6 is 0 Å². The number of rotatable bonds is 63. The van der Waals surface area contributed by atoms with Gasteiger partial charge in [-0.1, -0.05) is 296 Å². The van der Waals surface area contributed by atoms with E-state index >= 15 is 0 Å². The van der Waals surface area contributed by atoms with Crippen molar-refractivity contribution < 1.29 is 28.6 Å². The summed E-state index contributed by atoms with van der Waals surface area (Å²) in [5.74, 6) is -0.939. The van der Waals surface area contributed by atoms with Crippen molar-refractivity contribution in [2.75, 3.05) is 13.2 Å². The molecule has 0 fully saturated rings. The summed E-state index contributed by atoms with van der Waals surface area (Å²) in [6.07, 6.45) is 97.9. The van der Waals surface area contributed by atoms with Crippen LogP contribution < -0.4 is 0 Å². The molecule has 1 unspecified atom stereocenters. The van der Waals surface area contributed by atoms with Gasteiger partial charge in [-0.3, -0.25) is 14.4 Å². The number of allylic oxidation sites excluding steroid dienone is 20. The highest BCUT2D eigenvalue weighted by Crippen LogP contribution is 2.16. The van der Waals surface area contributed by atoms with Gasteiger partial charge >= 0.3 is 17.9 Å². The van der Waals surface area contributed by atoms with Crippen LogP contribution in [0.2, 0.25) is 0 Å². The molecule has 0 aliphatic heterocycles. The Morgan fingerprint density at radius 1 is 0.253 bits per heavy atom. The monoisotopic (exact) mass is 1150 g/mol. The van der Waals surface area contributed by atoms with Crippen molar-refractivity contribution in [2.45, 2.75) is 335 Å². The summed E-state index contributed by atoms with van der Waals surface area (Å²) < 4.78 is 16.9. The molecule has 0 aromatic rings. The number of carbonyl (C=O) groups is 3. The first-order valence-corrected chi connectivity index (χ1v) is 35.0. The van der Waals surface area contributed by atoms with Crippen LogP contribution in [0.1, 0.15) is 329 Å². The molecule has 0 saturated carbocycles. The zero-order valence-corrected chi connectivity index (χ0v) is 54.4. The zero-order valence-electron chi connectivity index (χ0n) is 54.4. The Bertz CT molecular complexity index is 1700. The molecule has 0 saturated heterocycles. The van der Waals surface area contributed by atoms with Gasteiger partial charge in [0.05, 0.1) is 0 Å². The van der Waals surface area contributed by atoms with E-state index in [9.17, 15) is 14.4 Å². The zero-order chi connectivity index (χ0) is 59.9. The van der Waals surface area contributed by atoms with Crippen LogP contribution in [0.3, 0.4) is 0 Å². The molecule has 0 amide bonds. The van der Waals surface area contributed by atoms with Gasteiger partial charge in [-0.05, 0) is 135 Å². The fourth-order valence-electron chi connectivity index (χ4n) is 9.68. The van der Waals surface area contributed by atoms with Crippen molar-refractivity contribution in [1.82, 2.24) is 0 Å². The highest BCUT2D eigenvalue weighted by Gasteiger charge is 2.19. The van der Waals surface area contributed by atoms with E-state index in [0.29, 0.717) is 19.3 Å². The summed E-state index contributed by atoms with van der Waals surface area (Å²) in [6, 6.07) is 0. The normalized spacial score (nSPS) is 12.9. The predicted octanol–water partition coefficient (Wildman–Crippen LogP) is 24.3. The third kappa shape index (κ3) is 68.5. The Morgan fingerprint density at radius 2 is 0.470 bits per heavy atom. The molecule has 1 atom stereocenters. The smallest absolute Gasteiger partial charge is 0.306 e. The molecule has 474 valence electrons. The van der Waals surface area contributed by atoms with E-state index in [1.54, 1.807) is 0 Å². The van der Waals surface area contributed by atoms with Gasteiger partial charge in [-0.25, -0.2) is 0 Å². The van der Waals surface area contributed by atoms with E-state index in [-0.39, 0.29) is 37.5 Å². The topological polar surface area (TPSA) is 78.9 Å². The van der Waals surface area contributed by atoms with Crippen LogP contribution in [0.5, 0.6) is 0 Å². The molecule has 6 heteroatoms. The molecule has 0 aromatic heterocycles. The third-order valence-corrected chi connectivity index (χ3v) is 14.9. The largest absolute Gasteiger partial charge is 0.462 e. The lowest BCUT2D eigenvalue weighted by Crippen LogP contribution is -2.30. The molecular weight excluding hydrogens is 1020 g/mol. The second-order valence-electron chi connectivity index (χ2n) is 23.1. The lowest BCUT2D eigenvalue weighted by molar-refractivity contribution is -0.167. The Labute approximate surface area is 513 Å². The number of hydrogen-bond donors (Lipinski definition) is 0. The molecule has 0 rings (SSSR count). The van der Waals surface area contributed by atoms with Gasteiger partial charge in [0.1, 0.15) is 13.2 Å². The number of esters is 3. The molecule has 0 aliphatic carbocycles. The standard InChI is InChI=1S/C77H130O6/c1-4-7-10-13-16-19-22-25-28-31-33-35-36-37-38-39-40-42-43-46-49-52-55-58-61-64-67-70-76(79)82-73-74(72-81-75(78)69-66-63-60-57-54-51-48-45-30-27-24-21-18-15-12-9-6-3)83-77(80)71-68-65-62-59-56-53-50-47-44-41-34-32-29-26-23-20-17-14-11-8-5-2/h8,11,17,20,22,25-27,29-31,33-34,36-37,41,47,50,56,59,74H,4-7,9-10,12-16,18-19,21,23-24,28,32,35,38-40,42-46,48-49,51-55,57-58,60-73H2,1-3H3/b11-8-,20-17-,25-22-,29-26-,30-27-,33-31-,37-36-,41-34-,50-47-,59-56-.